The summed E-state index contributed by atoms with van der Waals surface area (Å²) < 4.78 is 5.79. The first-order chi connectivity index (χ1) is 10.6. The number of hydrogen-bond donors (Lipinski definition) is 0. The Bertz CT molecular complexity index is 552. The molecule has 0 radical (unpaired) electrons. The lowest BCUT2D eigenvalue weighted by molar-refractivity contribution is -0.131. The van der Waals surface area contributed by atoms with Crippen LogP contribution in [0, 0.1) is 0 Å². The van der Waals surface area contributed by atoms with Crippen LogP contribution in [-0.4, -0.2) is 53.0 Å². The fraction of sp³-hybridized carbons (Fsp3) is 0.625. The molecular weight excluding hydrogens is 302 g/mol. The number of carbonyl (C=O) groups excluding carboxylic acids is 1. The third kappa shape index (κ3) is 2.92. The summed E-state index contributed by atoms with van der Waals surface area (Å²) in [5, 5.41) is -0.504. The number of nitrogens with zero attached hydrogens (tertiary/aromatic N) is 3. The van der Waals surface area contributed by atoms with E-state index in [-0.39, 0.29) is 18.1 Å². The second-order valence-electron chi connectivity index (χ2n) is 5.94. The lowest BCUT2D eigenvalue weighted by Gasteiger charge is -2.27. The molecule has 1 unspecified atom stereocenters. The van der Waals surface area contributed by atoms with Crippen molar-refractivity contribution < 1.29 is 9.53 Å². The standard InChI is InChI=1S/C16H22ClN3O2/c1-3-22-14-7-13-9-19(16(21)11(2)17)8-12-5-4-6-18-15(12)20(13)10-14/h4-6,11,13-14H,3,7-10H2,1-2H3/t11?,13-,14-/m1/s1. The number of aromatic nitrogens is 1. The highest BCUT2D eigenvalue weighted by atomic mass is 35.5. The van der Waals surface area contributed by atoms with Crippen molar-refractivity contribution >= 4 is 23.3 Å². The number of anilines is 1. The van der Waals surface area contributed by atoms with Crippen molar-refractivity contribution in [3.05, 3.63) is 23.9 Å². The summed E-state index contributed by atoms with van der Waals surface area (Å²) in [5.74, 6) is 0.963. The molecule has 3 rings (SSSR count). The Balaban J connectivity index is 1.91. The first-order valence-electron chi connectivity index (χ1n) is 7.85. The van der Waals surface area contributed by atoms with Crippen LogP contribution in [0.15, 0.2) is 18.3 Å². The largest absolute Gasteiger partial charge is 0.377 e. The number of carbonyl (C=O) groups is 1. The van der Waals surface area contributed by atoms with Crippen LogP contribution in [0.3, 0.4) is 0 Å². The Morgan fingerprint density at radius 3 is 3.09 bits per heavy atom. The van der Waals surface area contributed by atoms with Gasteiger partial charge in [-0.1, -0.05) is 6.07 Å². The van der Waals surface area contributed by atoms with E-state index in [0.717, 1.165) is 24.3 Å². The highest BCUT2D eigenvalue weighted by molar-refractivity contribution is 6.30. The normalized spacial score (nSPS) is 25.4. The van der Waals surface area contributed by atoms with Gasteiger partial charge in [0.05, 0.1) is 12.1 Å². The van der Waals surface area contributed by atoms with E-state index in [0.29, 0.717) is 19.7 Å². The molecular formula is C16H22ClN3O2. The Labute approximate surface area is 136 Å². The van der Waals surface area contributed by atoms with Crippen molar-refractivity contribution in [2.45, 2.75) is 44.3 Å². The van der Waals surface area contributed by atoms with Gasteiger partial charge < -0.3 is 14.5 Å². The minimum absolute atomic E-state index is 0.0156. The average molecular weight is 324 g/mol. The van der Waals surface area contributed by atoms with Gasteiger partial charge in [0.1, 0.15) is 11.2 Å². The summed E-state index contributed by atoms with van der Waals surface area (Å²) in [4.78, 5) is 21.1. The van der Waals surface area contributed by atoms with Crippen LogP contribution in [0.2, 0.25) is 0 Å². The minimum Gasteiger partial charge on any atom is -0.377 e. The Kier molecular flexibility index (Phi) is 4.54. The van der Waals surface area contributed by atoms with Crippen LogP contribution in [0.1, 0.15) is 25.8 Å². The van der Waals surface area contributed by atoms with E-state index in [1.807, 2.05) is 30.2 Å². The molecule has 1 saturated heterocycles. The maximum Gasteiger partial charge on any atom is 0.240 e. The Morgan fingerprint density at radius 1 is 1.55 bits per heavy atom. The van der Waals surface area contributed by atoms with Gasteiger partial charge in [-0.3, -0.25) is 4.79 Å². The predicted molar refractivity (Wildman–Crippen MR) is 86.1 cm³/mol. The van der Waals surface area contributed by atoms with Crippen LogP contribution in [0.4, 0.5) is 5.82 Å². The second-order valence-corrected chi connectivity index (χ2v) is 6.59. The molecule has 3 heterocycles. The van der Waals surface area contributed by atoms with Crippen molar-refractivity contribution in [2.24, 2.45) is 0 Å². The Morgan fingerprint density at radius 2 is 2.36 bits per heavy atom. The molecule has 0 spiro atoms. The molecule has 1 amide bonds. The van der Waals surface area contributed by atoms with Crippen molar-refractivity contribution in [1.29, 1.82) is 0 Å². The molecule has 2 aliphatic rings. The quantitative estimate of drug-likeness (QED) is 0.799. The number of amides is 1. The molecule has 1 aromatic heterocycles. The van der Waals surface area contributed by atoms with Gasteiger partial charge in [0.2, 0.25) is 5.91 Å². The summed E-state index contributed by atoms with van der Waals surface area (Å²) in [7, 11) is 0. The molecule has 1 aromatic rings. The van der Waals surface area contributed by atoms with Crippen molar-refractivity contribution in [2.75, 3.05) is 24.6 Å². The van der Waals surface area contributed by atoms with Crippen molar-refractivity contribution in [3.63, 3.8) is 0 Å². The predicted octanol–water partition coefficient (Wildman–Crippen LogP) is 2.03. The molecule has 0 aliphatic carbocycles. The number of rotatable bonds is 3. The summed E-state index contributed by atoms with van der Waals surface area (Å²) in [5.41, 5.74) is 1.08. The molecule has 0 aromatic carbocycles. The summed E-state index contributed by atoms with van der Waals surface area (Å²) in [6.45, 7) is 6.54. The van der Waals surface area contributed by atoms with Crippen LogP contribution in [0.25, 0.3) is 0 Å². The minimum atomic E-state index is -0.504. The van der Waals surface area contributed by atoms with E-state index in [4.69, 9.17) is 16.3 Å². The zero-order chi connectivity index (χ0) is 15.7. The molecule has 5 nitrogen and oxygen atoms in total. The molecule has 6 heteroatoms. The SMILES string of the molecule is CCO[C@@H]1C[C@@H]2CN(C(=O)C(C)Cl)Cc3cccnc3N2C1. The highest BCUT2D eigenvalue weighted by Crippen LogP contribution is 2.32. The van der Waals surface area contributed by atoms with Crippen LogP contribution in [0.5, 0.6) is 0 Å². The fourth-order valence-electron chi connectivity index (χ4n) is 3.42. The molecule has 120 valence electrons. The van der Waals surface area contributed by atoms with Gasteiger partial charge in [-0.15, -0.1) is 11.6 Å². The number of alkyl halides is 1. The van der Waals surface area contributed by atoms with Gasteiger partial charge in [0.25, 0.3) is 0 Å². The smallest absolute Gasteiger partial charge is 0.240 e. The van der Waals surface area contributed by atoms with E-state index >= 15 is 0 Å². The molecule has 0 bridgehead atoms. The van der Waals surface area contributed by atoms with E-state index in [9.17, 15) is 4.79 Å². The maximum absolute atomic E-state index is 12.4. The van der Waals surface area contributed by atoms with Gasteiger partial charge in [0.15, 0.2) is 0 Å². The highest BCUT2D eigenvalue weighted by Gasteiger charge is 2.39. The van der Waals surface area contributed by atoms with Gasteiger partial charge >= 0.3 is 0 Å². The summed E-state index contributed by atoms with van der Waals surface area (Å²) in [6, 6.07) is 4.20. The number of hydrogen-bond acceptors (Lipinski definition) is 4. The first-order valence-corrected chi connectivity index (χ1v) is 8.28. The summed E-state index contributed by atoms with van der Waals surface area (Å²) in [6.07, 6.45) is 2.93. The van der Waals surface area contributed by atoms with Crippen molar-refractivity contribution in [3.8, 4) is 0 Å². The zero-order valence-electron chi connectivity index (χ0n) is 13.0. The molecule has 0 N–H and O–H groups in total. The van der Waals surface area contributed by atoms with Gasteiger partial charge in [-0.2, -0.15) is 0 Å². The van der Waals surface area contributed by atoms with E-state index in [1.54, 1.807) is 6.92 Å². The first kappa shape index (κ1) is 15.6. The molecule has 1 fully saturated rings. The number of halogens is 1. The lowest BCUT2D eigenvalue weighted by atomic mass is 10.2. The summed E-state index contributed by atoms with van der Waals surface area (Å²) >= 11 is 6.02. The Hall–Kier alpha value is -1.33. The van der Waals surface area contributed by atoms with E-state index in [1.165, 1.54) is 0 Å². The molecule has 22 heavy (non-hydrogen) atoms. The maximum atomic E-state index is 12.4. The monoisotopic (exact) mass is 323 g/mol. The molecule has 2 aliphatic heterocycles. The van der Waals surface area contributed by atoms with Gasteiger partial charge in [-0.05, 0) is 26.3 Å². The zero-order valence-corrected chi connectivity index (χ0v) is 13.8. The number of fused-ring (bicyclic) bond motifs is 3. The van der Waals surface area contributed by atoms with Crippen LogP contribution < -0.4 is 4.90 Å². The number of pyridine rings is 1. The van der Waals surface area contributed by atoms with Crippen LogP contribution >= 0.6 is 11.6 Å². The number of ether oxygens (including phenoxy) is 1. The van der Waals surface area contributed by atoms with Gasteiger partial charge in [-0.25, -0.2) is 4.98 Å². The lowest BCUT2D eigenvalue weighted by Crippen LogP contribution is -2.42. The third-order valence-corrected chi connectivity index (χ3v) is 4.55. The van der Waals surface area contributed by atoms with Crippen LogP contribution in [-0.2, 0) is 16.1 Å². The van der Waals surface area contributed by atoms with Gasteiger partial charge in [0, 0.05) is 38.0 Å². The third-order valence-electron chi connectivity index (χ3n) is 4.36. The van der Waals surface area contributed by atoms with E-state index in [2.05, 4.69) is 9.88 Å². The molecule has 3 atom stereocenters. The topological polar surface area (TPSA) is 45.7 Å². The van der Waals surface area contributed by atoms with E-state index < -0.39 is 5.38 Å². The van der Waals surface area contributed by atoms with Crippen molar-refractivity contribution in [1.82, 2.24) is 9.88 Å². The molecule has 0 saturated carbocycles. The average Bonchev–Trinajstić information content (AvgIpc) is 2.82. The fourth-order valence-corrected chi connectivity index (χ4v) is 3.56. The second kappa shape index (κ2) is 6.42.